The quantitative estimate of drug-likeness (QED) is 0.854. The third-order valence-corrected chi connectivity index (χ3v) is 3.83. The van der Waals surface area contributed by atoms with Crippen molar-refractivity contribution in [2.75, 3.05) is 0 Å². The third kappa shape index (κ3) is 2.48. The van der Waals surface area contributed by atoms with Crippen LogP contribution in [0.2, 0.25) is 0 Å². The van der Waals surface area contributed by atoms with Gasteiger partial charge in [-0.1, -0.05) is 19.3 Å². The van der Waals surface area contributed by atoms with Crippen LogP contribution in [0.1, 0.15) is 42.5 Å². The van der Waals surface area contributed by atoms with E-state index >= 15 is 0 Å². The van der Waals surface area contributed by atoms with Gasteiger partial charge >= 0.3 is 0 Å². The van der Waals surface area contributed by atoms with Gasteiger partial charge < -0.3 is 10.3 Å². The first-order valence-corrected chi connectivity index (χ1v) is 6.81. The SMILES string of the molecule is O=C(NC1CCCCC1)c1c[nH]c2cc(F)ccc12. The Balaban J connectivity index is 1.81. The summed E-state index contributed by atoms with van der Waals surface area (Å²) >= 11 is 0. The number of halogens is 1. The second-order valence-corrected chi connectivity index (χ2v) is 5.20. The summed E-state index contributed by atoms with van der Waals surface area (Å²) < 4.78 is 13.1. The van der Waals surface area contributed by atoms with E-state index in [1.807, 2.05) is 0 Å². The molecule has 1 amide bonds. The molecule has 1 aromatic carbocycles. The largest absolute Gasteiger partial charge is 0.360 e. The second kappa shape index (κ2) is 5.03. The number of carbonyl (C=O) groups excluding carboxylic acids is 1. The van der Waals surface area contributed by atoms with Crippen molar-refractivity contribution in [3.05, 3.63) is 35.8 Å². The number of aromatic nitrogens is 1. The molecule has 2 aromatic rings. The fourth-order valence-corrected chi connectivity index (χ4v) is 2.80. The van der Waals surface area contributed by atoms with Crippen LogP contribution in [0.3, 0.4) is 0 Å². The minimum Gasteiger partial charge on any atom is -0.360 e. The summed E-state index contributed by atoms with van der Waals surface area (Å²) in [5, 5.41) is 3.85. The molecule has 4 heteroatoms. The van der Waals surface area contributed by atoms with Crippen LogP contribution in [-0.2, 0) is 0 Å². The molecule has 0 radical (unpaired) electrons. The molecule has 0 atom stereocenters. The number of rotatable bonds is 2. The average Bonchev–Trinajstić information content (AvgIpc) is 2.82. The zero-order chi connectivity index (χ0) is 13.2. The van der Waals surface area contributed by atoms with E-state index in [0.29, 0.717) is 11.1 Å². The predicted octanol–water partition coefficient (Wildman–Crippen LogP) is 3.37. The van der Waals surface area contributed by atoms with E-state index < -0.39 is 0 Å². The fraction of sp³-hybridized carbons (Fsp3) is 0.400. The minimum atomic E-state index is -0.298. The fourth-order valence-electron chi connectivity index (χ4n) is 2.80. The highest BCUT2D eigenvalue weighted by atomic mass is 19.1. The minimum absolute atomic E-state index is 0.0650. The molecule has 3 rings (SSSR count). The number of H-pyrrole nitrogens is 1. The highest BCUT2D eigenvalue weighted by Gasteiger charge is 2.18. The third-order valence-electron chi connectivity index (χ3n) is 3.83. The Morgan fingerprint density at radius 3 is 2.84 bits per heavy atom. The highest BCUT2D eigenvalue weighted by Crippen LogP contribution is 2.21. The Hall–Kier alpha value is -1.84. The smallest absolute Gasteiger partial charge is 0.253 e. The van der Waals surface area contributed by atoms with Crippen molar-refractivity contribution in [1.29, 1.82) is 0 Å². The van der Waals surface area contributed by atoms with Crippen LogP contribution in [0.4, 0.5) is 4.39 Å². The van der Waals surface area contributed by atoms with Crippen LogP contribution < -0.4 is 5.32 Å². The van der Waals surface area contributed by atoms with E-state index in [0.717, 1.165) is 18.2 Å². The Morgan fingerprint density at radius 1 is 1.26 bits per heavy atom. The van der Waals surface area contributed by atoms with Gasteiger partial charge in [0.25, 0.3) is 5.91 Å². The van der Waals surface area contributed by atoms with Gasteiger partial charge in [0, 0.05) is 23.1 Å². The number of fused-ring (bicyclic) bond motifs is 1. The van der Waals surface area contributed by atoms with Crippen LogP contribution in [0, 0.1) is 5.82 Å². The molecule has 0 aliphatic heterocycles. The topological polar surface area (TPSA) is 44.9 Å². The molecular formula is C15H17FN2O. The van der Waals surface area contributed by atoms with Gasteiger partial charge in [-0.05, 0) is 31.0 Å². The van der Waals surface area contributed by atoms with Crippen LogP contribution in [0.15, 0.2) is 24.4 Å². The Morgan fingerprint density at radius 2 is 2.05 bits per heavy atom. The standard InChI is InChI=1S/C15H17FN2O/c16-10-6-7-12-13(9-17-14(12)8-10)15(19)18-11-4-2-1-3-5-11/h6-9,11,17H,1-5H2,(H,18,19). The van der Waals surface area contributed by atoms with Crippen molar-refractivity contribution in [2.45, 2.75) is 38.1 Å². The lowest BCUT2D eigenvalue weighted by Gasteiger charge is -2.22. The van der Waals surface area contributed by atoms with Crippen molar-refractivity contribution in [3.8, 4) is 0 Å². The molecule has 2 N–H and O–H groups in total. The molecule has 19 heavy (non-hydrogen) atoms. The molecule has 0 spiro atoms. The summed E-state index contributed by atoms with van der Waals surface area (Å²) in [7, 11) is 0. The normalized spacial score (nSPS) is 16.7. The lowest BCUT2D eigenvalue weighted by atomic mass is 9.95. The molecule has 1 aromatic heterocycles. The van der Waals surface area contributed by atoms with E-state index in [9.17, 15) is 9.18 Å². The van der Waals surface area contributed by atoms with Crippen molar-refractivity contribution < 1.29 is 9.18 Å². The number of aromatic amines is 1. The predicted molar refractivity (Wildman–Crippen MR) is 72.6 cm³/mol. The van der Waals surface area contributed by atoms with E-state index in [1.54, 1.807) is 12.3 Å². The molecular weight excluding hydrogens is 243 g/mol. The summed E-state index contributed by atoms with van der Waals surface area (Å²) in [6, 6.07) is 4.73. The summed E-state index contributed by atoms with van der Waals surface area (Å²) in [5.74, 6) is -0.363. The highest BCUT2D eigenvalue weighted by molar-refractivity contribution is 6.06. The molecule has 0 unspecified atom stereocenters. The lowest BCUT2D eigenvalue weighted by molar-refractivity contribution is 0.0929. The maximum Gasteiger partial charge on any atom is 0.253 e. The number of hydrogen-bond donors (Lipinski definition) is 2. The van der Waals surface area contributed by atoms with Crippen molar-refractivity contribution in [3.63, 3.8) is 0 Å². The van der Waals surface area contributed by atoms with Crippen LogP contribution in [0.25, 0.3) is 10.9 Å². The second-order valence-electron chi connectivity index (χ2n) is 5.20. The Labute approximate surface area is 111 Å². The summed E-state index contributed by atoms with van der Waals surface area (Å²) in [6.45, 7) is 0. The van der Waals surface area contributed by atoms with Crippen molar-refractivity contribution >= 4 is 16.8 Å². The maximum atomic E-state index is 13.1. The van der Waals surface area contributed by atoms with Gasteiger partial charge in [0.15, 0.2) is 0 Å². The van der Waals surface area contributed by atoms with E-state index in [2.05, 4.69) is 10.3 Å². The maximum absolute atomic E-state index is 13.1. The van der Waals surface area contributed by atoms with Gasteiger partial charge in [-0.3, -0.25) is 4.79 Å². The molecule has 1 heterocycles. The van der Waals surface area contributed by atoms with Gasteiger partial charge in [0.05, 0.1) is 5.56 Å². The van der Waals surface area contributed by atoms with E-state index in [-0.39, 0.29) is 17.8 Å². The lowest BCUT2D eigenvalue weighted by Crippen LogP contribution is -2.36. The summed E-state index contributed by atoms with van der Waals surface area (Å²) in [4.78, 5) is 15.2. The van der Waals surface area contributed by atoms with Crippen molar-refractivity contribution in [1.82, 2.24) is 10.3 Å². The molecule has 3 nitrogen and oxygen atoms in total. The number of carbonyl (C=O) groups is 1. The number of benzene rings is 1. The Bertz CT molecular complexity index is 599. The zero-order valence-electron chi connectivity index (χ0n) is 10.7. The molecule has 0 bridgehead atoms. The first kappa shape index (κ1) is 12.2. The molecule has 1 saturated carbocycles. The number of nitrogens with one attached hydrogen (secondary N) is 2. The average molecular weight is 260 g/mol. The van der Waals surface area contributed by atoms with Gasteiger partial charge in [-0.2, -0.15) is 0 Å². The molecule has 1 fully saturated rings. The zero-order valence-corrected chi connectivity index (χ0v) is 10.7. The van der Waals surface area contributed by atoms with Crippen LogP contribution in [-0.4, -0.2) is 16.9 Å². The van der Waals surface area contributed by atoms with Crippen LogP contribution in [0.5, 0.6) is 0 Å². The molecule has 1 aliphatic carbocycles. The van der Waals surface area contributed by atoms with Crippen LogP contribution >= 0.6 is 0 Å². The molecule has 1 aliphatic rings. The number of amides is 1. The molecule has 0 saturated heterocycles. The summed E-state index contributed by atoms with van der Waals surface area (Å²) in [5.41, 5.74) is 1.26. The van der Waals surface area contributed by atoms with Crippen molar-refractivity contribution in [2.24, 2.45) is 0 Å². The first-order valence-electron chi connectivity index (χ1n) is 6.81. The van der Waals surface area contributed by atoms with Gasteiger partial charge in [0.1, 0.15) is 5.82 Å². The first-order chi connectivity index (χ1) is 9.24. The number of hydrogen-bond acceptors (Lipinski definition) is 1. The van der Waals surface area contributed by atoms with E-state index in [1.165, 1.54) is 31.4 Å². The molecule has 100 valence electrons. The summed E-state index contributed by atoms with van der Waals surface area (Å²) in [6.07, 6.45) is 7.40. The van der Waals surface area contributed by atoms with Gasteiger partial charge in [0.2, 0.25) is 0 Å². The van der Waals surface area contributed by atoms with Gasteiger partial charge in [-0.15, -0.1) is 0 Å². The van der Waals surface area contributed by atoms with Gasteiger partial charge in [-0.25, -0.2) is 4.39 Å². The van der Waals surface area contributed by atoms with E-state index in [4.69, 9.17) is 0 Å². The Kier molecular flexibility index (Phi) is 3.23. The monoisotopic (exact) mass is 260 g/mol.